The number of fused-ring (bicyclic) bond motifs is 1. The molecule has 0 unspecified atom stereocenters. The first-order chi connectivity index (χ1) is 15.7. The maximum absolute atomic E-state index is 12.9. The predicted molar refractivity (Wildman–Crippen MR) is 124 cm³/mol. The van der Waals surface area contributed by atoms with Gasteiger partial charge < -0.3 is 9.64 Å². The molecule has 1 aliphatic rings. The van der Waals surface area contributed by atoms with Crippen molar-refractivity contribution in [1.82, 2.24) is 24.5 Å². The van der Waals surface area contributed by atoms with Crippen LogP contribution in [0.25, 0.3) is 16.2 Å². The van der Waals surface area contributed by atoms with Crippen molar-refractivity contribution >= 4 is 22.9 Å². The Labute approximate surface area is 190 Å². The lowest BCUT2D eigenvalue weighted by molar-refractivity contribution is -0.131. The quantitative estimate of drug-likeness (QED) is 0.443. The minimum Gasteiger partial charge on any atom is -0.493 e. The maximum atomic E-state index is 12.9. The van der Waals surface area contributed by atoms with Crippen LogP contribution < -0.4 is 4.74 Å². The van der Waals surface area contributed by atoms with Crippen LogP contribution in [0.3, 0.4) is 0 Å². The summed E-state index contributed by atoms with van der Waals surface area (Å²) in [6, 6.07) is 13.8. The summed E-state index contributed by atoms with van der Waals surface area (Å²) in [4.78, 5) is 19.6. The first kappa shape index (κ1) is 20.6. The molecule has 0 N–H and O–H groups in total. The molecule has 1 fully saturated rings. The molecule has 4 aromatic rings. The molecule has 0 atom stereocenters. The van der Waals surface area contributed by atoms with Crippen LogP contribution in [0.1, 0.15) is 37.2 Å². The lowest BCUT2D eigenvalue weighted by Crippen LogP contribution is -2.39. The van der Waals surface area contributed by atoms with Gasteiger partial charge in [0.25, 0.3) is 0 Å². The smallest absolute Gasteiger partial charge is 0.228 e. The zero-order chi connectivity index (χ0) is 21.9. The highest BCUT2D eigenvalue weighted by atomic mass is 32.1. The van der Waals surface area contributed by atoms with Gasteiger partial charge in [-0.15, -0.1) is 21.5 Å². The van der Waals surface area contributed by atoms with E-state index >= 15 is 0 Å². The van der Waals surface area contributed by atoms with Crippen LogP contribution in [0, 0.1) is 0 Å². The lowest BCUT2D eigenvalue weighted by Gasteiger charge is -2.31. The Morgan fingerprint density at radius 1 is 1.12 bits per heavy atom. The fourth-order valence-electron chi connectivity index (χ4n) is 4.23. The molecule has 1 saturated heterocycles. The summed E-state index contributed by atoms with van der Waals surface area (Å²) in [7, 11) is 0. The largest absolute Gasteiger partial charge is 0.493 e. The van der Waals surface area contributed by atoms with E-state index in [1.807, 2.05) is 65.9 Å². The van der Waals surface area contributed by atoms with Gasteiger partial charge in [0.15, 0.2) is 5.65 Å². The number of benzene rings is 1. The second-order valence-electron chi connectivity index (χ2n) is 7.89. The lowest BCUT2D eigenvalue weighted by atomic mass is 9.95. The number of ether oxygens (including phenoxy) is 1. The van der Waals surface area contributed by atoms with Crippen molar-refractivity contribution in [2.75, 3.05) is 19.7 Å². The zero-order valence-electron chi connectivity index (χ0n) is 18.0. The molecule has 1 aliphatic heterocycles. The van der Waals surface area contributed by atoms with Gasteiger partial charge in [0, 0.05) is 30.6 Å². The Balaban J connectivity index is 1.22. The summed E-state index contributed by atoms with van der Waals surface area (Å²) >= 11 is 1.55. The SMILES string of the molecule is CCOc1ccccc1-c1nc(CC(=O)N2CCC(c3nnc4ccccn34)CC2)cs1. The second-order valence-corrected chi connectivity index (χ2v) is 8.75. The zero-order valence-corrected chi connectivity index (χ0v) is 18.8. The summed E-state index contributed by atoms with van der Waals surface area (Å²) in [5, 5.41) is 11.5. The normalized spacial score (nSPS) is 14.7. The van der Waals surface area contributed by atoms with Crippen molar-refractivity contribution in [3.8, 4) is 16.3 Å². The molecule has 8 heteroatoms. The third kappa shape index (κ3) is 4.10. The summed E-state index contributed by atoms with van der Waals surface area (Å²) < 4.78 is 7.78. The third-order valence-electron chi connectivity index (χ3n) is 5.85. The van der Waals surface area contributed by atoms with Gasteiger partial charge >= 0.3 is 0 Å². The number of likely N-dealkylation sites (tertiary alicyclic amines) is 1. The molecule has 5 rings (SSSR count). The molecular formula is C24H25N5O2S. The first-order valence-corrected chi connectivity index (χ1v) is 11.8. The summed E-state index contributed by atoms with van der Waals surface area (Å²) in [6.07, 6.45) is 4.12. The topological polar surface area (TPSA) is 72.6 Å². The highest BCUT2D eigenvalue weighted by Crippen LogP contribution is 2.32. The van der Waals surface area contributed by atoms with Gasteiger partial charge in [-0.2, -0.15) is 0 Å². The van der Waals surface area contributed by atoms with Crippen LogP contribution in [0.4, 0.5) is 0 Å². The Hall–Kier alpha value is -3.26. The van der Waals surface area contributed by atoms with Crippen LogP contribution in [0.15, 0.2) is 54.0 Å². The molecule has 164 valence electrons. The third-order valence-corrected chi connectivity index (χ3v) is 6.78. The summed E-state index contributed by atoms with van der Waals surface area (Å²) in [6.45, 7) is 4.04. The number of nitrogens with zero attached hydrogens (tertiary/aromatic N) is 5. The van der Waals surface area contributed by atoms with Gasteiger partial charge in [-0.25, -0.2) is 4.98 Å². The van der Waals surface area contributed by atoms with E-state index in [1.165, 1.54) is 0 Å². The molecule has 0 spiro atoms. The van der Waals surface area contributed by atoms with Crippen molar-refractivity contribution < 1.29 is 9.53 Å². The fourth-order valence-corrected chi connectivity index (χ4v) is 5.08. The first-order valence-electron chi connectivity index (χ1n) is 11.0. The molecular weight excluding hydrogens is 422 g/mol. The number of hydrogen-bond acceptors (Lipinski definition) is 6. The van der Waals surface area contributed by atoms with Gasteiger partial charge in [0.2, 0.25) is 5.91 Å². The minimum atomic E-state index is 0.129. The number of hydrogen-bond donors (Lipinski definition) is 0. The van der Waals surface area contributed by atoms with E-state index in [-0.39, 0.29) is 5.91 Å². The number of thiazole rings is 1. The molecule has 0 saturated carbocycles. The molecule has 0 bridgehead atoms. The van der Waals surface area contributed by atoms with Crippen LogP contribution in [-0.4, -0.2) is 50.1 Å². The number of aromatic nitrogens is 4. The number of carbonyl (C=O) groups excluding carboxylic acids is 1. The molecule has 7 nitrogen and oxygen atoms in total. The van der Waals surface area contributed by atoms with Crippen molar-refractivity contribution in [3.05, 3.63) is 65.6 Å². The monoisotopic (exact) mass is 447 g/mol. The highest BCUT2D eigenvalue weighted by Gasteiger charge is 2.27. The summed E-state index contributed by atoms with van der Waals surface area (Å²) in [5.41, 5.74) is 2.65. The molecule has 0 radical (unpaired) electrons. The minimum absolute atomic E-state index is 0.129. The van der Waals surface area contributed by atoms with E-state index in [2.05, 4.69) is 14.6 Å². The Bertz CT molecular complexity index is 1230. The van der Waals surface area contributed by atoms with Crippen LogP contribution >= 0.6 is 11.3 Å². The Morgan fingerprint density at radius 2 is 1.94 bits per heavy atom. The van der Waals surface area contributed by atoms with E-state index in [9.17, 15) is 4.79 Å². The van der Waals surface area contributed by atoms with Crippen LogP contribution in [-0.2, 0) is 11.2 Å². The van der Waals surface area contributed by atoms with E-state index in [1.54, 1.807) is 11.3 Å². The number of piperidine rings is 1. The molecule has 0 aliphatic carbocycles. The van der Waals surface area contributed by atoms with Crippen molar-refractivity contribution in [2.24, 2.45) is 0 Å². The second kappa shape index (κ2) is 9.08. The average molecular weight is 448 g/mol. The molecule has 1 aromatic carbocycles. The van der Waals surface area contributed by atoms with Crippen molar-refractivity contribution in [1.29, 1.82) is 0 Å². The van der Waals surface area contributed by atoms with Gasteiger partial charge in [-0.05, 0) is 44.0 Å². The predicted octanol–water partition coefficient (Wildman–Crippen LogP) is 4.20. The number of rotatable bonds is 6. The van der Waals surface area contributed by atoms with Gasteiger partial charge in [0.1, 0.15) is 16.6 Å². The van der Waals surface area contributed by atoms with Gasteiger partial charge in [-0.3, -0.25) is 9.20 Å². The standard InChI is InChI=1S/C24H25N5O2S/c1-2-31-20-8-4-3-7-19(20)24-25-18(16-32-24)15-22(30)28-13-10-17(11-14-28)23-27-26-21-9-5-6-12-29(21)23/h3-9,12,16-17H,2,10-11,13-15H2,1H3. The number of para-hydroxylation sites is 1. The van der Waals surface area contributed by atoms with Crippen LogP contribution in [0.5, 0.6) is 5.75 Å². The van der Waals surface area contributed by atoms with E-state index in [4.69, 9.17) is 9.72 Å². The summed E-state index contributed by atoms with van der Waals surface area (Å²) in [5.74, 6) is 2.26. The van der Waals surface area contributed by atoms with Crippen molar-refractivity contribution in [3.63, 3.8) is 0 Å². The molecule has 1 amide bonds. The van der Waals surface area contributed by atoms with E-state index in [0.29, 0.717) is 18.9 Å². The Morgan fingerprint density at radius 3 is 2.78 bits per heavy atom. The number of pyridine rings is 1. The highest BCUT2D eigenvalue weighted by molar-refractivity contribution is 7.13. The molecule has 32 heavy (non-hydrogen) atoms. The Kier molecular flexibility index (Phi) is 5.85. The number of carbonyl (C=O) groups is 1. The number of amides is 1. The van der Waals surface area contributed by atoms with Gasteiger partial charge in [0.05, 0.1) is 24.3 Å². The van der Waals surface area contributed by atoms with Crippen molar-refractivity contribution in [2.45, 2.75) is 32.1 Å². The van der Waals surface area contributed by atoms with Gasteiger partial charge in [-0.1, -0.05) is 18.2 Å². The van der Waals surface area contributed by atoms with E-state index in [0.717, 1.165) is 59.4 Å². The average Bonchev–Trinajstić information content (AvgIpc) is 3.47. The molecule has 4 heterocycles. The maximum Gasteiger partial charge on any atom is 0.228 e. The molecule has 3 aromatic heterocycles. The fraction of sp³-hybridized carbons (Fsp3) is 0.333. The van der Waals surface area contributed by atoms with Crippen LogP contribution in [0.2, 0.25) is 0 Å². The van der Waals surface area contributed by atoms with E-state index < -0.39 is 0 Å².